The van der Waals surface area contributed by atoms with Gasteiger partial charge in [0, 0.05) is 56.1 Å². The summed E-state index contributed by atoms with van der Waals surface area (Å²) in [5, 5.41) is 8.22. The van der Waals surface area contributed by atoms with Crippen LogP contribution in [0.4, 0.5) is 11.5 Å². The van der Waals surface area contributed by atoms with Crippen molar-refractivity contribution in [3.63, 3.8) is 0 Å². The highest BCUT2D eigenvalue weighted by Crippen LogP contribution is 2.28. The highest BCUT2D eigenvalue weighted by atomic mass is 16.5. The smallest absolute Gasteiger partial charge is 0.253 e. The molecule has 1 saturated heterocycles. The van der Waals surface area contributed by atoms with Crippen LogP contribution < -0.4 is 15.4 Å². The second kappa shape index (κ2) is 11.1. The molecule has 0 spiro atoms. The number of methoxy groups -OCH3 is 1. The number of ether oxygens (including phenoxy) is 1. The Balaban J connectivity index is 1.38. The number of aromatic nitrogens is 1. The maximum Gasteiger partial charge on any atom is 0.253 e. The second-order valence-corrected chi connectivity index (χ2v) is 8.31. The SMILES string of the molecule is CCN1CCN(CCCNC(=O)c2cnc(Nc3cccc(OC)c3)c3ccccc23)CC1. The molecule has 1 amide bonds. The third kappa shape index (κ3) is 5.80. The summed E-state index contributed by atoms with van der Waals surface area (Å²) < 4.78 is 5.31. The minimum absolute atomic E-state index is 0.0811. The van der Waals surface area contributed by atoms with E-state index in [2.05, 4.69) is 32.3 Å². The van der Waals surface area contributed by atoms with Crippen LogP contribution in [0.25, 0.3) is 10.8 Å². The molecule has 0 atom stereocenters. The Kier molecular flexibility index (Phi) is 7.75. The van der Waals surface area contributed by atoms with Crippen molar-refractivity contribution in [3.05, 3.63) is 60.3 Å². The summed E-state index contributed by atoms with van der Waals surface area (Å²) in [6.07, 6.45) is 2.60. The van der Waals surface area contributed by atoms with Gasteiger partial charge in [-0.15, -0.1) is 0 Å². The number of amides is 1. The first kappa shape index (κ1) is 23.0. The van der Waals surface area contributed by atoms with Gasteiger partial charge in [-0.25, -0.2) is 4.98 Å². The molecule has 7 nitrogen and oxygen atoms in total. The summed E-state index contributed by atoms with van der Waals surface area (Å²) in [7, 11) is 1.65. The zero-order chi connectivity index (χ0) is 23.0. The fraction of sp³-hybridized carbons (Fsp3) is 0.385. The number of nitrogens with zero attached hydrogens (tertiary/aromatic N) is 3. The van der Waals surface area contributed by atoms with Crippen LogP contribution >= 0.6 is 0 Å². The van der Waals surface area contributed by atoms with Crippen molar-refractivity contribution in [1.29, 1.82) is 0 Å². The number of carbonyl (C=O) groups is 1. The molecule has 4 rings (SSSR count). The summed E-state index contributed by atoms with van der Waals surface area (Å²) in [6, 6.07) is 15.6. The average Bonchev–Trinajstić information content (AvgIpc) is 2.87. The number of anilines is 2. The molecule has 1 aromatic heterocycles. The number of rotatable bonds is 9. The van der Waals surface area contributed by atoms with Gasteiger partial charge < -0.3 is 25.2 Å². The molecule has 1 aliphatic heterocycles. The molecule has 33 heavy (non-hydrogen) atoms. The Bertz CT molecular complexity index is 1080. The molecule has 1 fully saturated rings. The van der Waals surface area contributed by atoms with Gasteiger partial charge in [-0.3, -0.25) is 4.79 Å². The van der Waals surface area contributed by atoms with Gasteiger partial charge in [-0.05, 0) is 37.0 Å². The van der Waals surface area contributed by atoms with Gasteiger partial charge in [-0.1, -0.05) is 37.3 Å². The van der Waals surface area contributed by atoms with Crippen molar-refractivity contribution < 1.29 is 9.53 Å². The fourth-order valence-corrected chi connectivity index (χ4v) is 4.24. The van der Waals surface area contributed by atoms with Crippen molar-refractivity contribution in [1.82, 2.24) is 20.1 Å². The van der Waals surface area contributed by atoms with Crippen LogP contribution in [0.2, 0.25) is 0 Å². The molecule has 0 aliphatic carbocycles. The molecule has 7 heteroatoms. The highest BCUT2D eigenvalue weighted by molar-refractivity contribution is 6.09. The van der Waals surface area contributed by atoms with Crippen molar-refractivity contribution in [3.8, 4) is 5.75 Å². The monoisotopic (exact) mass is 447 g/mol. The van der Waals surface area contributed by atoms with E-state index in [0.29, 0.717) is 17.9 Å². The first-order valence-electron chi connectivity index (χ1n) is 11.7. The van der Waals surface area contributed by atoms with E-state index in [-0.39, 0.29) is 5.91 Å². The number of hydrogen-bond donors (Lipinski definition) is 2. The number of hydrogen-bond acceptors (Lipinski definition) is 6. The zero-order valence-corrected chi connectivity index (χ0v) is 19.5. The molecule has 174 valence electrons. The fourth-order valence-electron chi connectivity index (χ4n) is 4.24. The van der Waals surface area contributed by atoms with E-state index in [9.17, 15) is 4.79 Å². The van der Waals surface area contributed by atoms with Crippen LogP contribution in [-0.4, -0.2) is 73.6 Å². The Morgan fingerprint density at radius 3 is 2.55 bits per heavy atom. The summed E-state index contributed by atoms with van der Waals surface area (Å²) >= 11 is 0. The van der Waals surface area contributed by atoms with E-state index in [1.165, 1.54) is 0 Å². The number of piperazine rings is 1. The lowest BCUT2D eigenvalue weighted by Gasteiger charge is -2.33. The van der Waals surface area contributed by atoms with Gasteiger partial charge >= 0.3 is 0 Å². The number of pyridine rings is 1. The third-order valence-corrected chi connectivity index (χ3v) is 6.22. The standard InChI is InChI=1S/C26H33N5O2/c1-3-30-14-16-31(17-15-30)13-7-12-27-26(32)24-19-28-25(23-11-5-4-10-22(23)24)29-20-8-6-9-21(18-20)33-2/h4-6,8-11,18-19H,3,7,12-17H2,1-2H3,(H,27,32)(H,28,29). The van der Waals surface area contributed by atoms with Crippen LogP contribution in [0.3, 0.4) is 0 Å². The first-order chi connectivity index (χ1) is 16.2. The van der Waals surface area contributed by atoms with Gasteiger partial charge in [0.05, 0.1) is 12.7 Å². The topological polar surface area (TPSA) is 69.7 Å². The lowest BCUT2D eigenvalue weighted by molar-refractivity contribution is 0.0949. The van der Waals surface area contributed by atoms with Crippen LogP contribution in [0.1, 0.15) is 23.7 Å². The van der Waals surface area contributed by atoms with E-state index < -0.39 is 0 Å². The Morgan fingerprint density at radius 2 is 1.79 bits per heavy atom. The second-order valence-electron chi connectivity index (χ2n) is 8.31. The average molecular weight is 448 g/mol. The normalized spacial score (nSPS) is 14.8. The lowest BCUT2D eigenvalue weighted by atomic mass is 10.1. The van der Waals surface area contributed by atoms with Crippen molar-refractivity contribution in [2.24, 2.45) is 0 Å². The van der Waals surface area contributed by atoms with Crippen molar-refractivity contribution >= 4 is 28.2 Å². The number of carbonyl (C=O) groups excluding carboxylic acids is 1. The van der Waals surface area contributed by atoms with Crippen LogP contribution in [0.15, 0.2) is 54.7 Å². The Morgan fingerprint density at radius 1 is 1.03 bits per heavy atom. The quantitative estimate of drug-likeness (QED) is 0.487. The van der Waals surface area contributed by atoms with E-state index in [0.717, 1.165) is 67.9 Å². The summed E-state index contributed by atoms with van der Waals surface area (Å²) in [5.41, 5.74) is 1.47. The van der Waals surface area contributed by atoms with E-state index >= 15 is 0 Å². The zero-order valence-electron chi connectivity index (χ0n) is 19.5. The minimum atomic E-state index is -0.0811. The van der Waals surface area contributed by atoms with Crippen LogP contribution in [0, 0.1) is 0 Å². The van der Waals surface area contributed by atoms with E-state index in [4.69, 9.17) is 4.74 Å². The molecule has 1 aliphatic rings. The summed E-state index contributed by atoms with van der Waals surface area (Å²) in [5.74, 6) is 1.40. The Hall–Kier alpha value is -3.16. The molecule has 0 bridgehead atoms. The van der Waals surface area contributed by atoms with Crippen molar-refractivity contribution in [2.75, 3.05) is 58.2 Å². The van der Waals surface area contributed by atoms with Gasteiger partial charge in [0.1, 0.15) is 11.6 Å². The lowest BCUT2D eigenvalue weighted by Crippen LogP contribution is -2.46. The molecule has 0 radical (unpaired) electrons. The number of benzene rings is 2. The molecule has 2 aromatic carbocycles. The predicted octanol–water partition coefficient (Wildman–Crippen LogP) is 3.74. The van der Waals surface area contributed by atoms with Gasteiger partial charge in [0.2, 0.25) is 0 Å². The molecular weight excluding hydrogens is 414 g/mol. The van der Waals surface area contributed by atoms with Crippen LogP contribution in [0.5, 0.6) is 5.75 Å². The van der Waals surface area contributed by atoms with Crippen LogP contribution in [-0.2, 0) is 0 Å². The summed E-state index contributed by atoms with van der Waals surface area (Å²) in [4.78, 5) is 22.5. The Labute approximate surface area is 195 Å². The molecular formula is C26H33N5O2. The number of likely N-dealkylation sites (N-methyl/N-ethyl adjacent to an activating group) is 1. The highest BCUT2D eigenvalue weighted by Gasteiger charge is 2.16. The maximum atomic E-state index is 12.9. The number of nitrogens with one attached hydrogen (secondary N) is 2. The molecule has 0 unspecified atom stereocenters. The maximum absolute atomic E-state index is 12.9. The molecule has 2 N–H and O–H groups in total. The summed E-state index contributed by atoms with van der Waals surface area (Å²) in [6.45, 7) is 9.50. The van der Waals surface area contributed by atoms with Gasteiger partial charge in [0.25, 0.3) is 5.91 Å². The van der Waals surface area contributed by atoms with Gasteiger partial charge in [0.15, 0.2) is 0 Å². The first-order valence-corrected chi connectivity index (χ1v) is 11.7. The largest absolute Gasteiger partial charge is 0.497 e. The van der Waals surface area contributed by atoms with E-state index in [1.807, 2.05) is 48.5 Å². The van der Waals surface area contributed by atoms with Gasteiger partial charge in [-0.2, -0.15) is 0 Å². The molecule has 0 saturated carbocycles. The van der Waals surface area contributed by atoms with E-state index in [1.54, 1.807) is 13.3 Å². The molecule has 3 aromatic rings. The number of fused-ring (bicyclic) bond motifs is 1. The molecule has 2 heterocycles. The van der Waals surface area contributed by atoms with Crippen molar-refractivity contribution in [2.45, 2.75) is 13.3 Å². The third-order valence-electron chi connectivity index (χ3n) is 6.22. The minimum Gasteiger partial charge on any atom is -0.497 e. The predicted molar refractivity (Wildman–Crippen MR) is 134 cm³/mol.